The van der Waals surface area contributed by atoms with Crippen LogP contribution in [0.5, 0.6) is 5.88 Å². The number of ether oxygens (including phenoxy) is 1. The largest absolute Gasteiger partial charge is 0.416 e. The molecule has 8 heteroatoms. The number of hydrogen-bond donors (Lipinski definition) is 1. The van der Waals surface area contributed by atoms with Gasteiger partial charge in [-0.3, -0.25) is 0 Å². The molecule has 20 heavy (non-hydrogen) atoms. The molecule has 0 amide bonds. The second-order valence-electron chi connectivity index (χ2n) is 3.91. The molecule has 0 aliphatic heterocycles. The first kappa shape index (κ1) is 14.4. The fraction of sp³-hybridized carbons (Fsp3) is 0.250. The number of halogens is 3. The van der Waals surface area contributed by atoms with Gasteiger partial charge in [0.15, 0.2) is 5.76 Å². The molecule has 0 aliphatic rings. The number of aromatic nitrogens is 1. The fourth-order valence-corrected chi connectivity index (χ4v) is 1.46. The Morgan fingerprint density at radius 3 is 2.40 bits per heavy atom. The van der Waals surface area contributed by atoms with Gasteiger partial charge < -0.3 is 14.1 Å². The van der Waals surface area contributed by atoms with Crippen molar-refractivity contribution in [2.45, 2.75) is 19.4 Å². The molecule has 2 aromatic rings. The highest BCUT2D eigenvalue weighted by molar-refractivity contribution is 5.24. The summed E-state index contributed by atoms with van der Waals surface area (Å²) in [4.78, 5) is 3.84. The highest BCUT2D eigenvalue weighted by Gasteiger charge is 2.29. The lowest BCUT2D eigenvalue weighted by molar-refractivity contribution is -0.143. The number of nitrogens with zero attached hydrogens (tertiary/aromatic N) is 1. The zero-order chi connectivity index (χ0) is 14.6. The summed E-state index contributed by atoms with van der Waals surface area (Å²) in [6, 6.07) is 5.99. The minimum atomic E-state index is -4.35. The summed E-state index contributed by atoms with van der Waals surface area (Å²) in [6.07, 6.45) is -4.35. The van der Waals surface area contributed by atoms with Crippen LogP contribution in [0.2, 0.25) is 0 Å². The second kappa shape index (κ2) is 5.93. The zero-order valence-electron chi connectivity index (χ0n) is 10.1. The normalized spacial score (nSPS) is 11.6. The van der Waals surface area contributed by atoms with Crippen molar-refractivity contribution in [3.63, 3.8) is 0 Å². The predicted octanol–water partition coefficient (Wildman–Crippen LogP) is 3.26. The third-order valence-electron chi connectivity index (χ3n) is 2.43. The summed E-state index contributed by atoms with van der Waals surface area (Å²) >= 11 is 0. The van der Waals surface area contributed by atoms with Crippen LogP contribution in [-0.4, -0.2) is 10.4 Å². The molecule has 1 heterocycles. The van der Waals surface area contributed by atoms with Gasteiger partial charge >= 0.3 is 6.18 Å². The van der Waals surface area contributed by atoms with E-state index in [1.807, 2.05) is 0 Å². The molecule has 2 rings (SSSR count). The highest BCUT2D eigenvalue weighted by Crippen LogP contribution is 2.29. The third-order valence-corrected chi connectivity index (χ3v) is 2.43. The van der Waals surface area contributed by atoms with E-state index in [1.165, 1.54) is 18.2 Å². The quantitative estimate of drug-likeness (QED) is 0.676. The average molecular weight is 289 g/mol. The van der Waals surface area contributed by atoms with E-state index in [9.17, 15) is 13.2 Å². The smallest absolute Gasteiger partial charge is 0.369 e. The molecule has 108 valence electrons. The van der Waals surface area contributed by atoms with Crippen LogP contribution >= 0.6 is 0 Å². The van der Waals surface area contributed by atoms with Crippen molar-refractivity contribution in [3.8, 4) is 5.88 Å². The first-order valence-electron chi connectivity index (χ1n) is 5.50. The standard InChI is InChI=1S/C12H10F3NO4/c13-12(14,15)9-3-1-8(2-4-9)6-18-7-10-5-11(20-17)16-19-10/h1-5,17H,6-7H2. The summed E-state index contributed by atoms with van der Waals surface area (Å²) in [6.45, 7) is 0.172. The van der Waals surface area contributed by atoms with E-state index in [4.69, 9.17) is 14.5 Å². The van der Waals surface area contributed by atoms with Crippen LogP contribution in [0.3, 0.4) is 0 Å². The Bertz CT molecular complexity index is 551. The first-order valence-corrected chi connectivity index (χ1v) is 5.50. The van der Waals surface area contributed by atoms with Crippen LogP contribution < -0.4 is 4.89 Å². The van der Waals surface area contributed by atoms with E-state index in [0.717, 1.165) is 12.1 Å². The summed E-state index contributed by atoms with van der Waals surface area (Å²) in [5.74, 6) is 0.221. The van der Waals surface area contributed by atoms with Crippen LogP contribution in [0.25, 0.3) is 0 Å². The maximum atomic E-state index is 12.3. The molecule has 0 fully saturated rings. The molecule has 0 radical (unpaired) electrons. The minimum Gasteiger partial charge on any atom is -0.369 e. The molecule has 0 aliphatic carbocycles. The Morgan fingerprint density at radius 2 is 1.85 bits per heavy atom. The molecular formula is C12H10F3NO4. The van der Waals surface area contributed by atoms with Gasteiger partial charge in [-0.05, 0) is 22.9 Å². The summed E-state index contributed by atoms with van der Waals surface area (Å²) < 4.78 is 47.0. The van der Waals surface area contributed by atoms with E-state index in [0.29, 0.717) is 11.3 Å². The molecule has 1 aromatic heterocycles. The lowest BCUT2D eigenvalue weighted by Gasteiger charge is -2.07. The Balaban J connectivity index is 1.85. The van der Waals surface area contributed by atoms with Gasteiger partial charge in [0.05, 0.1) is 18.2 Å². The van der Waals surface area contributed by atoms with Crippen molar-refractivity contribution in [2.75, 3.05) is 0 Å². The van der Waals surface area contributed by atoms with Crippen LogP contribution in [0.15, 0.2) is 34.9 Å². The Morgan fingerprint density at radius 1 is 1.15 bits per heavy atom. The summed E-state index contributed by atoms with van der Waals surface area (Å²) in [5, 5.41) is 11.6. The maximum Gasteiger partial charge on any atom is 0.416 e. The van der Waals surface area contributed by atoms with Crippen molar-refractivity contribution in [1.82, 2.24) is 5.16 Å². The molecule has 0 unspecified atom stereocenters. The minimum absolute atomic E-state index is 0.0530. The molecule has 0 bridgehead atoms. The molecule has 0 saturated heterocycles. The number of alkyl halides is 3. The lowest BCUT2D eigenvalue weighted by atomic mass is 10.1. The van der Waals surface area contributed by atoms with Crippen LogP contribution in [0.4, 0.5) is 13.2 Å². The van der Waals surface area contributed by atoms with Gasteiger partial charge in [-0.1, -0.05) is 12.1 Å². The Kier molecular flexibility index (Phi) is 4.26. The SMILES string of the molecule is OOc1cc(COCc2ccc(C(F)(F)F)cc2)on1. The van der Waals surface area contributed by atoms with Gasteiger partial charge in [-0.15, -0.1) is 0 Å². The number of rotatable bonds is 5. The van der Waals surface area contributed by atoms with Gasteiger partial charge in [0.2, 0.25) is 0 Å². The number of hydrogen-bond acceptors (Lipinski definition) is 5. The van der Waals surface area contributed by atoms with Crippen molar-refractivity contribution in [3.05, 3.63) is 47.2 Å². The molecule has 1 N–H and O–H groups in total. The fourth-order valence-electron chi connectivity index (χ4n) is 1.46. The monoisotopic (exact) mass is 289 g/mol. The van der Waals surface area contributed by atoms with E-state index in [1.54, 1.807) is 0 Å². The summed E-state index contributed by atoms with van der Waals surface area (Å²) in [5.41, 5.74) is -0.114. The molecule has 0 spiro atoms. The average Bonchev–Trinajstić information content (AvgIpc) is 2.86. The van der Waals surface area contributed by atoms with E-state index >= 15 is 0 Å². The topological polar surface area (TPSA) is 64.7 Å². The van der Waals surface area contributed by atoms with Gasteiger partial charge in [0.1, 0.15) is 6.61 Å². The van der Waals surface area contributed by atoms with Crippen LogP contribution in [-0.2, 0) is 24.1 Å². The van der Waals surface area contributed by atoms with Gasteiger partial charge in [-0.25, -0.2) is 5.26 Å². The molecule has 0 saturated carbocycles. The van der Waals surface area contributed by atoms with Crippen molar-refractivity contribution in [1.29, 1.82) is 0 Å². The zero-order valence-corrected chi connectivity index (χ0v) is 10.1. The van der Waals surface area contributed by atoms with Gasteiger partial charge in [-0.2, -0.15) is 13.2 Å². The van der Waals surface area contributed by atoms with E-state index in [-0.39, 0.29) is 19.1 Å². The number of benzene rings is 1. The van der Waals surface area contributed by atoms with E-state index in [2.05, 4.69) is 10.0 Å². The third kappa shape index (κ3) is 3.72. The van der Waals surface area contributed by atoms with Crippen molar-refractivity contribution in [2.24, 2.45) is 0 Å². The van der Waals surface area contributed by atoms with Crippen LogP contribution in [0.1, 0.15) is 16.9 Å². The van der Waals surface area contributed by atoms with Gasteiger partial charge in [0.25, 0.3) is 5.88 Å². The Hall–Kier alpha value is -2.06. The molecular weight excluding hydrogens is 279 g/mol. The molecule has 1 aromatic carbocycles. The van der Waals surface area contributed by atoms with Crippen molar-refractivity contribution < 1.29 is 32.6 Å². The van der Waals surface area contributed by atoms with Crippen molar-refractivity contribution >= 4 is 0 Å². The van der Waals surface area contributed by atoms with Gasteiger partial charge in [0, 0.05) is 0 Å². The summed E-state index contributed by atoms with van der Waals surface area (Å²) in [7, 11) is 0. The lowest BCUT2D eigenvalue weighted by Crippen LogP contribution is -2.04. The second-order valence-corrected chi connectivity index (χ2v) is 3.91. The predicted molar refractivity (Wildman–Crippen MR) is 59.7 cm³/mol. The first-order chi connectivity index (χ1) is 9.49. The van der Waals surface area contributed by atoms with Crippen LogP contribution in [0, 0.1) is 0 Å². The maximum absolute atomic E-state index is 12.3. The molecule has 0 atom stereocenters. The Labute approximate surface area is 111 Å². The molecule has 5 nitrogen and oxygen atoms in total. The highest BCUT2D eigenvalue weighted by atomic mass is 19.4. The van der Waals surface area contributed by atoms with E-state index < -0.39 is 11.7 Å².